The van der Waals surface area contributed by atoms with Crippen LogP contribution in [-0.4, -0.2) is 50.1 Å². The van der Waals surface area contributed by atoms with Gasteiger partial charge in [0.05, 0.1) is 13.2 Å². The van der Waals surface area contributed by atoms with Gasteiger partial charge < -0.3 is 15.0 Å². The minimum Gasteiger partial charge on any atom is -0.468 e. The molecule has 80 valence electrons. The first-order valence-electron chi connectivity index (χ1n) is 4.72. The monoisotopic (exact) mass is 200 g/mol. The van der Waals surface area contributed by atoms with Gasteiger partial charge in [0.15, 0.2) is 0 Å². The van der Waals surface area contributed by atoms with Crippen molar-refractivity contribution in [3.8, 4) is 0 Å². The molecule has 1 aliphatic rings. The molecule has 0 aromatic carbocycles. The van der Waals surface area contributed by atoms with Crippen molar-refractivity contribution in [2.24, 2.45) is 0 Å². The molecule has 5 nitrogen and oxygen atoms in total. The lowest BCUT2D eigenvalue weighted by atomic mass is 10.1. The van der Waals surface area contributed by atoms with Crippen LogP contribution in [0.25, 0.3) is 0 Å². The van der Waals surface area contributed by atoms with Crippen molar-refractivity contribution in [2.45, 2.75) is 18.9 Å². The maximum Gasteiger partial charge on any atom is 0.325 e. The zero-order valence-corrected chi connectivity index (χ0v) is 8.58. The first-order chi connectivity index (χ1) is 6.69. The number of carbonyl (C=O) groups is 2. The van der Waals surface area contributed by atoms with Crippen molar-refractivity contribution in [1.29, 1.82) is 0 Å². The Bertz CT molecular complexity index is 230. The number of likely N-dealkylation sites (N-methyl/N-ethyl adjacent to an activating group) is 1. The van der Waals surface area contributed by atoms with Crippen LogP contribution in [0.2, 0.25) is 0 Å². The highest BCUT2D eigenvalue weighted by Crippen LogP contribution is 2.10. The summed E-state index contributed by atoms with van der Waals surface area (Å²) >= 11 is 0. The third kappa shape index (κ3) is 2.45. The van der Waals surface area contributed by atoms with E-state index in [0.717, 1.165) is 12.8 Å². The van der Waals surface area contributed by atoms with E-state index in [0.29, 0.717) is 6.54 Å². The summed E-state index contributed by atoms with van der Waals surface area (Å²) in [5.41, 5.74) is 0. The summed E-state index contributed by atoms with van der Waals surface area (Å²) in [7, 11) is 3.08. The van der Waals surface area contributed by atoms with Gasteiger partial charge >= 0.3 is 5.97 Å². The van der Waals surface area contributed by atoms with Crippen LogP contribution in [0, 0.1) is 0 Å². The molecular weight excluding hydrogens is 184 g/mol. The molecule has 0 aliphatic carbocycles. The van der Waals surface area contributed by atoms with Crippen LogP contribution in [0.4, 0.5) is 0 Å². The van der Waals surface area contributed by atoms with E-state index in [1.807, 2.05) is 0 Å². The molecular formula is C9H16N2O3. The Kier molecular flexibility index (Phi) is 3.88. The zero-order valence-electron chi connectivity index (χ0n) is 8.58. The summed E-state index contributed by atoms with van der Waals surface area (Å²) in [6.07, 6.45) is 1.77. The smallest absolute Gasteiger partial charge is 0.325 e. The number of rotatable bonds is 3. The number of likely N-dealkylation sites (tertiary alicyclic amines) is 1. The number of hydrogen-bond donors (Lipinski definition) is 1. The molecule has 1 N–H and O–H groups in total. The van der Waals surface area contributed by atoms with Crippen LogP contribution in [0.1, 0.15) is 12.8 Å². The summed E-state index contributed by atoms with van der Waals surface area (Å²) in [6.45, 7) is 0.708. The predicted octanol–water partition coefficient (Wildman–Crippen LogP) is -0.630. The van der Waals surface area contributed by atoms with Crippen molar-refractivity contribution in [2.75, 3.05) is 27.2 Å². The molecule has 1 aliphatic heterocycles. The quantitative estimate of drug-likeness (QED) is 0.616. The third-order valence-electron chi connectivity index (χ3n) is 2.43. The second-order valence-electron chi connectivity index (χ2n) is 3.32. The van der Waals surface area contributed by atoms with Gasteiger partial charge in [0.1, 0.15) is 6.54 Å². The van der Waals surface area contributed by atoms with Crippen molar-refractivity contribution >= 4 is 11.9 Å². The third-order valence-corrected chi connectivity index (χ3v) is 2.43. The van der Waals surface area contributed by atoms with Crippen LogP contribution in [0.3, 0.4) is 0 Å². The SMILES string of the molecule is CNC1CCCN(CC(=O)OC)C1=O. The van der Waals surface area contributed by atoms with Crippen molar-refractivity contribution in [3.63, 3.8) is 0 Å². The summed E-state index contributed by atoms with van der Waals surface area (Å²) in [4.78, 5) is 24.2. The highest BCUT2D eigenvalue weighted by atomic mass is 16.5. The number of piperidine rings is 1. The van der Waals surface area contributed by atoms with E-state index in [-0.39, 0.29) is 24.5 Å². The van der Waals surface area contributed by atoms with Crippen LogP contribution in [0.15, 0.2) is 0 Å². The lowest BCUT2D eigenvalue weighted by Gasteiger charge is -2.31. The number of esters is 1. The van der Waals surface area contributed by atoms with Gasteiger partial charge in [0.2, 0.25) is 5.91 Å². The van der Waals surface area contributed by atoms with Crippen LogP contribution >= 0.6 is 0 Å². The van der Waals surface area contributed by atoms with Crippen molar-refractivity contribution in [1.82, 2.24) is 10.2 Å². The first-order valence-corrected chi connectivity index (χ1v) is 4.72. The van der Waals surface area contributed by atoms with Gasteiger partial charge in [0.25, 0.3) is 0 Å². The fourth-order valence-electron chi connectivity index (χ4n) is 1.59. The van der Waals surface area contributed by atoms with Crippen LogP contribution in [0.5, 0.6) is 0 Å². The van der Waals surface area contributed by atoms with Gasteiger partial charge in [-0.1, -0.05) is 0 Å². The second kappa shape index (κ2) is 4.95. The Balaban J connectivity index is 2.52. The number of carbonyl (C=O) groups excluding carboxylic acids is 2. The van der Waals surface area contributed by atoms with E-state index >= 15 is 0 Å². The van der Waals surface area contributed by atoms with Gasteiger partial charge in [-0.15, -0.1) is 0 Å². The Morgan fingerprint density at radius 1 is 1.71 bits per heavy atom. The molecule has 0 bridgehead atoms. The van der Waals surface area contributed by atoms with Gasteiger partial charge in [-0.3, -0.25) is 9.59 Å². The van der Waals surface area contributed by atoms with Gasteiger partial charge in [-0.25, -0.2) is 0 Å². The molecule has 0 radical (unpaired) electrons. The second-order valence-corrected chi connectivity index (χ2v) is 3.32. The minimum absolute atomic E-state index is 0.0100. The average molecular weight is 200 g/mol. The average Bonchev–Trinajstić information content (AvgIpc) is 2.21. The Morgan fingerprint density at radius 2 is 2.43 bits per heavy atom. The van der Waals surface area contributed by atoms with Gasteiger partial charge in [0, 0.05) is 6.54 Å². The molecule has 1 amide bonds. The molecule has 0 saturated carbocycles. The number of methoxy groups -OCH3 is 1. The van der Waals surface area contributed by atoms with Crippen molar-refractivity contribution in [3.05, 3.63) is 0 Å². The van der Waals surface area contributed by atoms with E-state index in [9.17, 15) is 9.59 Å². The summed E-state index contributed by atoms with van der Waals surface area (Å²) in [5.74, 6) is -0.376. The predicted molar refractivity (Wildman–Crippen MR) is 50.7 cm³/mol. The molecule has 1 heterocycles. The summed E-state index contributed by atoms with van der Waals surface area (Å²) in [5, 5.41) is 2.93. The number of nitrogens with one attached hydrogen (secondary N) is 1. The number of ether oxygens (including phenoxy) is 1. The minimum atomic E-state index is -0.366. The van der Waals surface area contributed by atoms with E-state index in [1.54, 1.807) is 7.05 Å². The Morgan fingerprint density at radius 3 is 3.00 bits per heavy atom. The van der Waals surface area contributed by atoms with Crippen LogP contribution < -0.4 is 5.32 Å². The van der Waals surface area contributed by atoms with E-state index < -0.39 is 0 Å². The molecule has 0 aromatic rings. The van der Waals surface area contributed by atoms with Gasteiger partial charge in [-0.05, 0) is 19.9 Å². The van der Waals surface area contributed by atoms with E-state index in [1.165, 1.54) is 12.0 Å². The Labute approximate surface area is 83.4 Å². The van der Waals surface area contributed by atoms with Crippen LogP contribution in [-0.2, 0) is 14.3 Å². The van der Waals surface area contributed by atoms with Gasteiger partial charge in [-0.2, -0.15) is 0 Å². The molecule has 1 atom stereocenters. The zero-order chi connectivity index (χ0) is 10.6. The summed E-state index contributed by atoms with van der Waals surface area (Å²) < 4.78 is 4.52. The fraction of sp³-hybridized carbons (Fsp3) is 0.778. The molecule has 1 unspecified atom stereocenters. The highest BCUT2D eigenvalue weighted by Gasteiger charge is 2.28. The molecule has 14 heavy (non-hydrogen) atoms. The molecule has 5 heteroatoms. The normalized spacial score (nSPS) is 22.3. The molecule has 0 aromatic heterocycles. The molecule has 0 spiro atoms. The molecule has 1 rings (SSSR count). The maximum atomic E-state index is 11.7. The van der Waals surface area contributed by atoms with E-state index in [4.69, 9.17) is 0 Å². The number of hydrogen-bond acceptors (Lipinski definition) is 4. The molecule has 1 saturated heterocycles. The maximum absolute atomic E-state index is 11.7. The molecule has 1 fully saturated rings. The topological polar surface area (TPSA) is 58.6 Å². The Hall–Kier alpha value is -1.10. The van der Waals surface area contributed by atoms with Crippen molar-refractivity contribution < 1.29 is 14.3 Å². The lowest BCUT2D eigenvalue weighted by Crippen LogP contribution is -2.51. The fourth-order valence-corrected chi connectivity index (χ4v) is 1.59. The largest absolute Gasteiger partial charge is 0.468 e. The highest BCUT2D eigenvalue weighted by molar-refractivity contribution is 5.86. The summed E-state index contributed by atoms with van der Waals surface area (Å²) in [6, 6.07) is -0.145. The first kappa shape index (κ1) is 11.0. The van der Waals surface area contributed by atoms with E-state index in [2.05, 4.69) is 10.1 Å². The number of nitrogens with zero attached hydrogens (tertiary/aromatic N) is 1. The number of amides is 1. The standard InChI is InChI=1S/C9H16N2O3/c1-10-7-4-3-5-11(9(7)13)6-8(12)14-2/h7,10H,3-6H2,1-2H3. The lowest BCUT2D eigenvalue weighted by molar-refractivity contribution is -0.148.